The molecule has 0 saturated heterocycles. The standard InChI is InChI=1S/C16H22N4O/c1-12(2)20(9-10-21)15-11-14(17-3)18-16(19-15)13-7-5-4-6-8-13/h4-8,11-12,21H,9-10H2,1-3H3,(H,17,18,19). The van der Waals surface area contributed by atoms with Crippen molar-refractivity contribution in [2.75, 3.05) is 30.4 Å². The number of aromatic nitrogens is 2. The third kappa shape index (κ3) is 3.70. The van der Waals surface area contributed by atoms with Crippen molar-refractivity contribution in [1.82, 2.24) is 9.97 Å². The molecule has 0 atom stereocenters. The Morgan fingerprint density at radius 3 is 2.48 bits per heavy atom. The minimum Gasteiger partial charge on any atom is -0.395 e. The van der Waals surface area contributed by atoms with Crippen LogP contribution in [0, 0.1) is 0 Å². The fraction of sp³-hybridized carbons (Fsp3) is 0.375. The van der Waals surface area contributed by atoms with Gasteiger partial charge in [0.15, 0.2) is 5.82 Å². The van der Waals surface area contributed by atoms with Gasteiger partial charge in [-0.3, -0.25) is 0 Å². The molecule has 5 heteroatoms. The van der Waals surface area contributed by atoms with Gasteiger partial charge >= 0.3 is 0 Å². The lowest BCUT2D eigenvalue weighted by Gasteiger charge is -2.27. The molecule has 2 aromatic rings. The minimum absolute atomic E-state index is 0.0950. The number of hydrogen-bond acceptors (Lipinski definition) is 5. The molecule has 2 rings (SSSR count). The third-order valence-corrected chi connectivity index (χ3v) is 3.26. The van der Waals surface area contributed by atoms with Crippen LogP contribution in [0.1, 0.15) is 13.8 Å². The summed E-state index contributed by atoms with van der Waals surface area (Å²) in [6, 6.07) is 12.0. The maximum absolute atomic E-state index is 9.26. The van der Waals surface area contributed by atoms with Crippen molar-refractivity contribution in [3.8, 4) is 11.4 Å². The molecule has 21 heavy (non-hydrogen) atoms. The van der Waals surface area contributed by atoms with Crippen LogP contribution in [0.15, 0.2) is 36.4 Å². The Hall–Kier alpha value is -2.14. The first-order chi connectivity index (χ1) is 10.2. The highest BCUT2D eigenvalue weighted by Crippen LogP contribution is 2.23. The van der Waals surface area contributed by atoms with E-state index in [2.05, 4.69) is 34.0 Å². The van der Waals surface area contributed by atoms with E-state index in [4.69, 9.17) is 0 Å². The van der Waals surface area contributed by atoms with Crippen LogP contribution in [0.4, 0.5) is 11.6 Å². The molecular formula is C16H22N4O. The molecule has 112 valence electrons. The van der Waals surface area contributed by atoms with Gasteiger partial charge in [-0.25, -0.2) is 9.97 Å². The van der Waals surface area contributed by atoms with Gasteiger partial charge in [-0.05, 0) is 13.8 Å². The zero-order valence-electron chi connectivity index (χ0n) is 12.7. The molecule has 0 spiro atoms. The normalized spacial score (nSPS) is 10.7. The van der Waals surface area contributed by atoms with Gasteiger partial charge in [-0.2, -0.15) is 0 Å². The highest BCUT2D eigenvalue weighted by molar-refractivity contribution is 5.61. The molecule has 1 aromatic heterocycles. The summed E-state index contributed by atoms with van der Waals surface area (Å²) in [5.41, 5.74) is 0.976. The molecule has 0 aliphatic carbocycles. The number of aliphatic hydroxyl groups is 1. The van der Waals surface area contributed by atoms with Crippen LogP contribution in [0.5, 0.6) is 0 Å². The van der Waals surface area contributed by atoms with Crippen LogP contribution >= 0.6 is 0 Å². The first-order valence-electron chi connectivity index (χ1n) is 7.15. The lowest BCUT2D eigenvalue weighted by atomic mass is 10.2. The van der Waals surface area contributed by atoms with Crippen molar-refractivity contribution in [3.63, 3.8) is 0 Å². The molecule has 0 aliphatic rings. The second-order valence-corrected chi connectivity index (χ2v) is 5.06. The summed E-state index contributed by atoms with van der Waals surface area (Å²) < 4.78 is 0. The predicted molar refractivity (Wildman–Crippen MR) is 86.6 cm³/mol. The molecule has 0 amide bonds. The Kier molecular flexibility index (Phi) is 5.11. The topological polar surface area (TPSA) is 61.3 Å². The predicted octanol–water partition coefficient (Wildman–Crippen LogP) is 2.39. The number of rotatable bonds is 6. The zero-order chi connectivity index (χ0) is 15.2. The van der Waals surface area contributed by atoms with E-state index in [-0.39, 0.29) is 12.6 Å². The lowest BCUT2D eigenvalue weighted by molar-refractivity contribution is 0.298. The molecule has 0 fully saturated rings. The van der Waals surface area contributed by atoms with Gasteiger partial charge < -0.3 is 15.3 Å². The van der Waals surface area contributed by atoms with Crippen LogP contribution in [0.25, 0.3) is 11.4 Å². The van der Waals surface area contributed by atoms with Crippen molar-refractivity contribution in [2.45, 2.75) is 19.9 Å². The van der Waals surface area contributed by atoms with E-state index in [0.717, 1.165) is 17.2 Å². The molecule has 0 radical (unpaired) electrons. The smallest absolute Gasteiger partial charge is 0.163 e. The number of hydrogen-bond donors (Lipinski definition) is 2. The summed E-state index contributed by atoms with van der Waals surface area (Å²) in [6.45, 7) is 4.81. The lowest BCUT2D eigenvalue weighted by Crippen LogP contribution is -2.34. The van der Waals surface area contributed by atoms with Crippen LogP contribution < -0.4 is 10.2 Å². The first-order valence-corrected chi connectivity index (χ1v) is 7.15. The SMILES string of the molecule is CNc1cc(N(CCO)C(C)C)nc(-c2ccccc2)n1. The monoisotopic (exact) mass is 286 g/mol. The Bertz CT molecular complexity index is 572. The van der Waals surface area contributed by atoms with Gasteiger partial charge in [-0.15, -0.1) is 0 Å². The minimum atomic E-state index is 0.0950. The van der Waals surface area contributed by atoms with Crippen LogP contribution in [-0.4, -0.2) is 41.3 Å². The number of anilines is 2. The summed E-state index contributed by atoms with van der Waals surface area (Å²) in [6.07, 6.45) is 0. The molecule has 0 bridgehead atoms. The van der Waals surface area contributed by atoms with Crippen LogP contribution in [-0.2, 0) is 0 Å². The largest absolute Gasteiger partial charge is 0.395 e. The van der Waals surface area contributed by atoms with Gasteiger partial charge in [0, 0.05) is 31.3 Å². The molecule has 0 saturated carbocycles. The van der Waals surface area contributed by atoms with Gasteiger partial charge in [0.05, 0.1) is 6.61 Å². The number of nitrogens with one attached hydrogen (secondary N) is 1. The second kappa shape index (κ2) is 7.04. The average molecular weight is 286 g/mol. The maximum atomic E-state index is 9.26. The number of aliphatic hydroxyl groups excluding tert-OH is 1. The van der Waals surface area contributed by atoms with Gasteiger partial charge in [-0.1, -0.05) is 30.3 Å². The molecule has 1 heterocycles. The Morgan fingerprint density at radius 1 is 1.19 bits per heavy atom. The number of nitrogens with zero attached hydrogens (tertiary/aromatic N) is 3. The van der Waals surface area contributed by atoms with Crippen LogP contribution in [0.2, 0.25) is 0 Å². The summed E-state index contributed by atoms with van der Waals surface area (Å²) in [5.74, 6) is 2.26. The van der Waals surface area contributed by atoms with Gasteiger partial charge in [0.2, 0.25) is 0 Å². The van der Waals surface area contributed by atoms with E-state index in [0.29, 0.717) is 12.4 Å². The summed E-state index contributed by atoms with van der Waals surface area (Å²) in [5, 5.41) is 12.3. The molecule has 5 nitrogen and oxygen atoms in total. The molecule has 1 aromatic carbocycles. The number of benzene rings is 1. The fourth-order valence-corrected chi connectivity index (χ4v) is 2.17. The zero-order valence-corrected chi connectivity index (χ0v) is 12.7. The van der Waals surface area contributed by atoms with Crippen LogP contribution in [0.3, 0.4) is 0 Å². The van der Waals surface area contributed by atoms with E-state index in [1.807, 2.05) is 43.4 Å². The van der Waals surface area contributed by atoms with E-state index >= 15 is 0 Å². The summed E-state index contributed by atoms with van der Waals surface area (Å²) in [7, 11) is 1.84. The van der Waals surface area contributed by atoms with Crippen molar-refractivity contribution in [3.05, 3.63) is 36.4 Å². The van der Waals surface area contributed by atoms with E-state index in [1.54, 1.807) is 0 Å². The van der Waals surface area contributed by atoms with E-state index in [1.165, 1.54) is 0 Å². The highest BCUT2D eigenvalue weighted by Gasteiger charge is 2.14. The third-order valence-electron chi connectivity index (χ3n) is 3.26. The Labute approximate surface area is 125 Å². The summed E-state index contributed by atoms with van der Waals surface area (Å²) >= 11 is 0. The van der Waals surface area contributed by atoms with Crippen molar-refractivity contribution >= 4 is 11.6 Å². The molecular weight excluding hydrogens is 264 g/mol. The van der Waals surface area contributed by atoms with Crippen molar-refractivity contribution in [1.29, 1.82) is 0 Å². The Morgan fingerprint density at radius 2 is 1.90 bits per heavy atom. The van der Waals surface area contributed by atoms with E-state index in [9.17, 15) is 5.11 Å². The highest BCUT2D eigenvalue weighted by atomic mass is 16.3. The average Bonchev–Trinajstić information content (AvgIpc) is 2.52. The summed E-state index contributed by atoms with van der Waals surface area (Å²) in [4.78, 5) is 11.2. The van der Waals surface area contributed by atoms with Gasteiger partial charge in [0.25, 0.3) is 0 Å². The molecule has 2 N–H and O–H groups in total. The molecule has 0 unspecified atom stereocenters. The second-order valence-electron chi connectivity index (χ2n) is 5.06. The molecule has 0 aliphatic heterocycles. The quantitative estimate of drug-likeness (QED) is 0.854. The fourth-order valence-electron chi connectivity index (χ4n) is 2.17. The van der Waals surface area contributed by atoms with Crippen molar-refractivity contribution in [2.24, 2.45) is 0 Å². The Balaban J connectivity index is 2.47. The first kappa shape index (κ1) is 15.3. The van der Waals surface area contributed by atoms with Gasteiger partial charge in [0.1, 0.15) is 11.6 Å². The van der Waals surface area contributed by atoms with E-state index < -0.39 is 0 Å². The van der Waals surface area contributed by atoms with Crippen molar-refractivity contribution < 1.29 is 5.11 Å². The maximum Gasteiger partial charge on any atom is 0.163 e.